The number of hydrogen-bond donors (Lipinski definition) is 0. The molecule has 0 amide bonds. The molecule has 19 heavy (non-hydrogen) atoms. The van der Waals surface area contributed by atoms with E-state index < -0.39 is 0 Å². The molecule has 2 aromatic carbocycles. The first kappa shape index (κ1) is 17.4. The summed E-state index contributed by atoms with van der Waals surface area (Å²) in [5, 5.41) is 0. The van der Waals surface area contributed by atoms with Crippen LogP contribution in [-0.2, 0) is 4.74 Å². The Kier molecular flexibility index (Phi) is 9.46. The molecule has 2 rings (SSSR count). The minimum Gasteiger partial charge on any atom is -0.388 e. The summed E-state index contributed by atoms with van der Waals surface area (Å²) in [7, 11) is 3.25. The number of benzene rings is 2. The van der Waals surface area contributed by atoms with Gasteiger partial charge in [-0.1, -0.05) is 48.5 Å². The van der Waals surface area contributed by atoms with Crippen LogP contribution < -0.4 is 0 Å². The molecule has 0 aromatic heterocycles. The van der Waals surface area contributed by atoms with Crippen LogP contribution in [0.25, 0.3) is 0 Å². The highest BCUT2D eigenvalue weighted by atomic mass is 16.4. The fourth-order valence-corrected chi connectivity index (χ4v) is 1.33. The Labute approximate surface area is 118 Å². The Bertz CT molecular complexity index is 375. The lowest BCUT2D eigenvalue weighted by atomic mass is 10.1. The van der Waals surface area contributed by atoms with Crippen LogP contribution in [0, 0.1) is 27.7 Å². The second kappa shape index (κ2) is 10.3. The van der Waals surface area contributed by atoms with Crippen molar-refractivity contribution in [1.29, 1.82) is 0 Å². The minimum atomic E-state index is 1.37. The molecule has 0 N–H and O–H groups in total. The highest BCUT2D eigenvalue weighted by molar-refractivity contribution is 5.23. The Balaban J connectivity index is 0.000000284. The van der Waals surface area contributed by atoms with Gasteiger partial charge in [0.25, 0.3) is 0 Å². The maximum atomic E-state index is 4.25. The molecule has 2 aromatic rings. The van der Waals surface area contributed by atoms with Crippen molar-refractivity contribution >= 4 is 0 Å². The van der Waals surface area contributed by atoms with E-state index in [1.54, 1.807) is 14.2 Å². The third kappa shape index (κ3) is 8.17. The Hall–Kier alpha value is -1.60. The van der Waals surface area contributed by atoms with Crippen LogP contribution in [0.2, 0.25) is 0 Å². The molecule has 0 aliphatic rings. The minimum absolute atomic E-state index is 1.37. The first-order chi connectivity index (χ1) is 9.02. The fraction of sp³-hybridized carbons (Fsp3) is 0.333. The molecule has 0 fully saturated rings. The Morgan fingerprint density at radius 2 is 0.684 bits per heavy atom. The van der Waals surface area contributed by atoms with E-state index in [0.717, 1.165) is 0 Å². The van der Waals surface area contributed by atoms with Crippen molar-refractivity contribution in [2.75, 3.05) is 14.2 Å². The van der Waals surface area contributed by atoms with Crippen molar-refractivity contribution in [3.8, 4) is 0 Å². The number of hydrogen-bond acceptors (Lipinski definition) is 1. The summed E-state index contributed by atoms with van der Waals surface area (Å²) in [5.41, 5.74) is 5.47. The van der Waals surface area contributed by atoms with E-state index in [0.29, 0.717) is 0 Å². The van der Waals surface area contributed by atoms with Crippen molar-refractivity contribution in [1.82, 2.24) is 0 Å². The van der Waals surface area contributed by atoms with Gasteiger partial charge in [-0.3, -0.25) is 0 Å². The van der Waals surface area contributed by atoms with Crippen LogP contribution in [0.5, 0.6) is 0 Å². The number of aryl methyl sites for hydroxylation is 4. The smallest absolute Gasteiger partial charge is 0.0351 e. The molecule has 0 aliphatic heterocycles. The molecule has 0 saturated carbocycles. The van der Waals surface area contributed by atoms with Crippen molar-refractivity contribution in [3.05, 3.63) is 70.8 Å². The summed E-state index contributed by atoms with van der Waals surface area (Å²) < 4.78 is 4.25. The average Bonchev–Trinajstić information content (AvgIpc) is 2.38. The van der Waals surface area contributed by atoms with E-state index in [-0.39, 0.29) is 0 Å². The SMILES string of the molecule is COC.Cc1ccccc1C.Cc1ccccc1C. The normalized spacial score (nSPS) is 8.74. The zero-order valence-corrected chi connectivity index (χ0v) is 13.0. The molecule has 0 bridgehead atoms. The molecular formula is C18H26O. The summed E-state index contributed by atoms with van der Waals surface area (Å²) in [4.78, 5) is 0. The van der Waals surface area contributed by atoms with Gasteiger partial charge in [-0.05, 0) is 49.9 Å². The number of ether oxygens (including phenoxy) is 1. The van der Waals surface area contributed by atoms with Crippen LogP contribution in [-0.4, -0.2) is 14.2 Å². The third-order valence-corrected chi connectivity index (χ3v) is 2.85. The van der Waals surface area contributed by atoms with Crippen LogP contribution in [0.1, 0.15) is 22.3 Å². The summed E-state index contributed by atoms with van der Waals surface area (Å²) in [6.07, 6.45) is 0. The fourth-order valence-electron chi connectivity index (χ4n) is 1.33. The molecule has 0 radical (unpaired) electrons. The summed E-state index contributed by atoms with van der Waals surface area (Å²) in [6.45, 7) is 8.48. The molecule has 0 aliphatic carbocycles. The molecule has 0 saturated heterocycles. The zero-order valence-electron chi connectivity index (χ0n) is 13.0. The monoisotopic (exact) mass is 258 g/mol. The maximum Gasteiger partial charge on any atom is 0.0351 e. The van der Waals surface area contributed by atoms with E-state index in [1.807, 2.05) is 0 Å². The van der Waals surface area contributed by atoms with Crippen LogP contribution in [0.4, 0.5) is 0 Å². The summed E-state index contributed by atoms with van der Waals surface area (Å²) >= 11 is 0. The average molecular weight is 258 g/mol. The second-order valence-electron chi connectivity index (χ2n) is 4.58. The summed E-state index contributed by atoms with van der Waals surface area (Å²) in [5.74, 6) is 0. The summed E-state index contributed by atoms with van der Waals surface area (Å²) in [6, 6.07) is 16.7. The number of rotatable bonds is 0. The zero-order chi connectivity index (χ0) is 14.7. The van der Waals surface area contributed by atoms with Crippen molar-refractivity contribution in [2.24, 2.45) is 0 Å². The maximum absolute atomic E-state index is 4.25. The van der Waals surface area contributed by atoms with Gasteiger partial charge in [0.1, 0.15) is 0 Å². The quantitative estimate of drug-likeness (QED) is 0.655. The predicted octanol–water partition coefficient (Wildman–Crippen LogP) is 4.87. The molecule has 1 heteroatoms. The van der Waals surface area contributed by atoms with E-state index in [9.17, 15) is 0 Å². The van der Waals surface area contributed by atoms with Crippen molar-refractivity contribution in [2.45, 2.75) is 27.7 Å². The van der Waals surface area contributed by atoms with Gasteiger partial charge in [-0.2, -0.15) is 0 Å². The largest absolute Gasteiger partial charge is 0.388 e. The molecular weight excluding hydrogens is 232 g/mol. The third-order valence-electron chi connectivity index (χ3n) is 2.85. The van der Waals surface area contributed by atoms with E-state index in [2.05, 4.69) is 81.0 Å². The van der Waals surface area contributed by atoms with E-state index in [1.165, 1.54) is 22.3 Å². The lowest BCUT2D eigenvalue weighted by Crippen LogP contribution is -1.74. The standard InChI is InChI=1S/2C8H10.C2H6O/c2*1-7-5-3-4-6-8(7)2;1-3-2/h2*3-6H,1-2H3;1-2H3. The van der Waals surface area contributed by atoms with Gasteiger partial charge in [0.05, 0.1) is 0 Å². The lowest BCUT2D eigenvalue weighted by Gasteiger charge is -1.93. The second-order valence-corrected chi connectivity index (χ2v) is 4.58. The lowest BCUT2D eigenvalue weighted by molar-refractivity contribution is 0.277. The Morgan fingerprint density at radius 3 is 0.789 bits per heavy atom. The molecule has 0 unspecified atom stereocenters. The molecule has 104 valence electrons. The van der Waals surface area contributed by atoms with Gasteiger partial charge in [0.2, 0.25) is 0 Å². The van der Waals surface area contributed by atoms with Crippen LogP contribution >= 0.6 is 0 Å². The Morgan fingerprint density at radius 1 is 0.526 bits per heavy atom. The van der Waals surface area contributed by atoms with Gasteiger partial charge >= 0.3 is 0 Å². The van der Waals surface area contributed by atoms with Crippen LogP contribution in [0.15, 0.2) is 48.5 Å². The highest BCUT2D eigenvalue weighted by Gasteiger charge is 1.84. The molecule has 0 heterocycles. The van der Waals surface area contributed by atoms with Crippen molar-refractivity contribution < 1.29 is 4.74 Å². The first-order valence-corrected chi connectivity index (χ1v) is 6.47. The van der Waals surface area contributed by atoms with Crippen LogP contribution in [0.3, 0.4) is 0 Å². The van der Waals surface area contributed by atoms with E-state index >= 15 is 0 Å². The van der Waals surface area contributed by atoms with Gasteiger partial charge in [0.15, 0.2) is 0 Å². The first-order valence-electron chi connectivity index (χ1n) is 6.47. The number of methoxy groups -OCH3 is 1. The van der Waals surface area contributed by atoms with Gasteiger partial charge in [-0.25, -0.2) is 0 Å². The van der Waals surface area contributed by atoms with Crippen molar-refractivity contribution in [3.63, 3.8) is 0 Å². The highest BCUT2D eigenvalue weighted by Crippen LogP contribution is 2.03. The van der Waals surface area contributed by atoms with E-state index in [4.69, 9.17) is 0 Å². The predicted molar refractivity (Wildman–Crippen MR) is 84.8 cm³/mol. The van der Waals surface area contributed by atoms with Gasteiger partial charge in [0, 0.05) is 14.2 Å². The molecule has 0 atom stereocenters. The molecule has 0 spiro atoms. The van der Waals surface area contributed by atoms with Gasteiger partial charge in [-0.15, -0.1) is 0 Å². The molecule has 1 nitrogen and oxygen atoms in total. The van der Waals surface area contributed by atoms with Gasteiger partial charge < -0.3 is 4.74 Å². The topological polar surface area (TPSA) is 9.23 Å².